The molecular weight excluding hydrogens is 148 g/mol. The minimum Gasteiger partial charge on any atom is -0.481 e. The Bertz CT molecular complexity index is 95.0. The van der Waals surface area contributed by atoms with Gasteiger partial charge in [-0.3, -0.25) is 4.79 Å². The van der Waals surface area contributed by atoms with Crippen LogP contribution in [-0.2, 0) is 9.22 Å². The molecule has 0 aromatic rings. The van der Waals surface area contributed by atoms with Gasteiger partial charge in [-0.25, -0.2) is 0 Å². The molecule has 10 heavy (non-hydrogen) atoms. The molecule has 0 radical (unpaired) electrons. The molecule has 0 bridgehead atoms. The number of hydrogen-bond acceptors (Lipinski definition) is 2. The van der Waals surface area contributed by atoms with Gasteiger partial charge < -0.3 is 9.53 Å². The minimum atomic E-state index is -0.756. The van der Waals surface area contributed by atoms with Gasteiger partial charge >= 0.3 is 5.97 Å². The first-order valence-electron chi connectivity index (χ1n) is 3.57. The summed E-state index contributed by atoms with van der Waals surface area (Å²) in [7, 11) is -0.756. The normalized spacial score (nSPS) is 10.9. The molecule has 0 saturated carbocycles. The number of rotatable bonds is 6. The maximum Gasteiger partial charge on any atom is 0.302 e. The molecule has 4 heteroatoms. The van der Waals surface area contributed by atoms with Crippen LogP contribution in [0.25, 0.3) is 0 Å². The summed E-state index contributed by atoms with van der Waals surface area (Å²) in [5.74, 6) is -0.733. The molecular formula is C6H14O3Si. The van der Waals surface area contributed by atoms with E-state index in [2.05, 4.69) is 6.92 Å². The van der Waals surface area contributed by atoms with E-state index in [9.17, 15) is 4.79 Å². The second kappa shape index (κ2) is 6.76. The Balaban J connectivity index is 2.84. The average Bonchev–Trinajstić information content (AvgIpc) is 1.87. The predicted molar refractivity (Wildman–Crippen MR) is 41.8 cm³/mol. The second-order valence-corrected chi connectivity index (χ2v) is 3.43. The third-order valence-electron chi connectivity index (χ3n) is 1.10. The van der Waals surface area contributed by atoms with E-state index in [0.29, 0.717) is 0 Å². The molecule has 0 aromatic carbocycles. The Hall–Kier alpha value is -0.353. The quantitative estimate of drug-likeness (QED) is 0.454. The number of unbranched alkanes of at least 4 members (excludes halogenated alkanes) is 1. The molecule has 60 valence electrons. The monoisotopic (exact) mass is 162 g/mol. The summed E-state index contributed by atoms with van der Waals surface area (Å²) in [4.78, 5) is 9.99. The fourth-order valence-corrected chi connectivity index (χ4v) is 1.24. The summed E-state index contributed by atoms with van der Waals surface area (Å²) in [5.41, 5.74) is 0. The van der Waals surface area contributed by atoms with E-state index < -0.39 is 15.7 Å². The number of carbonyl (C=O) groups is 1. The van der Waals surface area contributed by atoms with Gasteiger partial charge in [-0.1, -0.05) is 13.3 Å². The van der Waals surface area contributed by atoms with Crippen LogP contribution in [0, 0.1) is 0 Å². The molecule has 0 spiro atoms. The number of carboxylic acids is 1. The topological polar surface area (TPSA) is 46.5 Å². The van der Waals surface area contributed by atoms with Crippen LogP contribution in [0.4, 0.5) is 0 Å². The fraction of sp³-hybridized carbons (Fsp3) is 0.833. The van der Waals surface area contributed by atoms with Crippen molar-refractivity contribution in [3.05, 3.63) is 0 Å². The molecule has 0 aromatic heterocycles. The van der Waals surface area contributed by atoms with E-state index in [4.69, 9.17) is 9.53 Å². The van der Waals surface area contributed by atoms with Crippen molar-refractivity contribution in [3.63, 3.8) is 0 Å². The fourth-order valence-electron chi connectivity index (χ4n) is 0.508. The first kappa shape index (κ1) is 9.65. The summed E-state index contributed by atoms with van der Waals surface area (Å²) in [6.07, 6.45) is 2.16. The van der Waals surface area contributed by atoms with Crippen molar-refractivity contribution in [1.82, 2.24) is 0 Å². The molecule has 0 atom stereocenters. The van der Waals surface area contributed by atoms with Crippen molar-refractivity contribution in [2.75, 3.05) is 6.61 Å². The zero-order valence-electron chi connectivity index (χ0n) is 6.30. The molecule has 0 heterocycles. The van der Waals surface area contributed by atoms with Crippen molar-refractivity contribution >= 4 is 15.7 Å². The van der Waals surface area contributed by atoms with Crippen LogP contribution in [0.2, 0.25) is 6.04 Å². The summed E-state index contributed by atoms with van der Waals surface area (Å²) in [6.45, 7) is 2.83. The third kappa shape index (κ3) is 7.65. The van der Waals surface area contributed by atoms with Gasteiger partial charge in [0.15, 0.2) is 9.76 Å². The van der Waals surface area contributed by atoms with Gasteiger partial charge in [-0.05, 0) is 6.42 Å². The molecule has 0 unspecified atom stereocenters. The van der Waals surface area contributed by atoms with Crippen molar-refractivity contribution in [2.24, 2.45) is 0 Å². The van der Waals surface area contributed by atoms with Crippen LogP contribution in [-0.4, -0.2) is 27.4 Å². The Labute approximate surface area is 63.3 Å². The van der Waals surface area contributed by atoms with Gasteiger partial charge in [0.05, 0.1) is 6.04 Å². The molecule has 0 rings (SSSR count). The highest BCUT2D eigenvalue weighted by atomic mass is 28.2. The average molecular weight is 162 g/mol. The zero-order chi connectivity index (χ0) is 7.82. The van der Waals surface area contributed by atoms with E-state index in [1.54, 1.807) is 0 Å². The molecule has 0 aliphatic rings. The van der Waals surface area contributed by atoms with Crippen molar-refractivity contribution < 1.29 is 14.3 Å². The first-order valence-corrected chi connectivity index (χ1v) is 5.14. The number of hydrogen-bond donors (Lipinski definition) is 1. The van der Waals surface area contributed by atoms with Crippen LogP contribution in [0.15, 0.2) is 0 Å². The summed E-state index contributed by atoms with van der Waals surface area (Å²) in [6, 6.07) is 0.254. The smallest absolute Gasteiger partial charge is 0.302 e. The number of carboxylic acid groups (broad SMARTS) is 1. The Kier molecular flexibility index (Phi) is 6.52. The van der Waals surface area contributed by atoms with Gasteiger partial charge in [0.25, 0.3) is 0 Å². The zero-order valence-corrected chi connectivity index (χ0v) is 7.71. The Morgan fingerprint density at radius 3 is 2.90 bits per heavy atom. The lowest BCUT2D eigenvalue weighted by atomic mass is 10.4. The van der Waals surface area contributed by atoms with E-state index in [1.807, 2.05) is 0 Å². The molecule has 1 N–H and O–H groups in total. The molecule has 0 fully saturated rings. The van der Waals surface area contributed by atoms with Crippen molar-refractivity contribution in [1.29, 1.82) is 0 Å². The third-order valence-corrected chi connectivity index (χ3v) is 2.31. The molecule has 3 nitrogen and oxygen atoms in total. The second-order valence-electron chi connectivity index (χ2n) is 2.11. The largest absolute Gasteiger partial charge is 0.481 e. The molecule has 0 saturated heterocycles. The lowest BCUT2D eigenvalue weighted by Crippen LogP contribution is -2.05. The van der Waals surface area contributed by atoms with Crippen molar-refractivity contribution in [2.45, 2.75) is 25.8 Å². The minimum absolute atomic E-state index is 0.254. The SMILES string of the molecule is CCCCO[SiH2]CC(=O)O. The van der Waals surface area contributed by atoms with Crippen LogP contribution in [0.3, 0.4) is 0 Å². The Morgan fingerprint density at radius 1 is 1.70 bits per heavy atom. The highest BCUT2D eigenvalue weighted by Crippen LogP contribution is 1.88. The molecule has 0 aliphatic heterocycles. The van der Waals surface area contributed by atoms with Crippen LogP contribution in [0.5, 0.6) is 0 Å². The maximum atomic E-state index is 9.99. The number of aliphatic carboxylic acids is 1. The van der Waals surface area contributed by atoms with Crippen molar-refractivity contribution in [3.8, 4) is 0 Å². The Morgan fingerprint density at radius 2 is 2.40 bits per heavy atom. The van der Waals surface area contributed by atoms with Gasteiger partial charge in [0.2, 0.25) is 0 Å². The van der Waals surface area contributed by atoms with Crippen LogP contribution < -0.4 is 0 Å². The summed E-state index contributed by atoms with van der Waals surface area (Å²) >= 11 is 0. The van der Waals surface area contributed by atoms with Gasteiger partial charge in [-0.2, -0.15) is 0 Å². The van der Waals surface area contributed by atoms with E-state index in [0.717, 1.165) is 19.4 Å². The van der Waals surface area contributed by atoms with Gasteiger partial charge in [0.1, 0.15) is 0 Å². The lowest BCUT2D eigenvalue weighted by Gasteiger charge is -1.98. The lowest BCUT2D eigenvalue weighted by molar-refractivity contribution is -0.134. The summed E-state index contributed by atoms with van der Waals surface area (Å²) in [5, 5.41) is 8.22. The summed E-state index contributed by atoms with van der Waals surface area (Å²) < 4.78 is 5.14. The first-order chi connectivity index (χ1) is 4.77. The van der Waals surface area contributed by atoms with Crippen LogP contribution >= 0.6 is 0 Å². The molecule has 0 amide bonds. The van der Waals surface area contributed by atoms with Gasteiger partial charge in [0, 0.05) is 6.61 Å². The molecule has 0 aliphatic carbocycles. The van der Waals surface area contributed by atoms with E-state index in [1.165, 1.54) is 0 Å². The standard InChI is InChI=1S/C6H14O3Si/c1-2-3-4-9-10-5-6(7)8/h2-5,10H2,1H3,(H,7,8). The van der Waals surface area contributed by atoms with Gasteiger partial charge in [-0.15, -0.1) is 0 Å². The maximum absolute atomic E-state index is 9.99. The highest BCUT2D eigenvalue weighted by molar-refractivity contribution is 6.33. The predicted octanol–water partition coefficient (Wildman–Crippen LogP) is 0.390. The van der Waals surface area contributed by atoms with Crippen LogP contribution in [0.1, 0.15) is 19.8 Å². The van der Waals surface area contributed by atoms with E-state index >= 15 is 0 Å². The highest BCUT2D eigenvalue weighted by Gasteiger charge is 1.95. The van der Waals surface area contributed by atoms with E-state index in [-0.39, 0.29) is 6.04 Å².